The third kappa shape index (κ3) is 3.03. The molecule has 1 atom stereocenters. The molecule has 2 N–H and O–H groups in total. The number of hydrogen-bond donors (Lipinski definition) is 2. The van der Waals surface area contributed by atoms with Crippen LogP contribution in [0.15, 0.2) is 24.5 Å². The van der Waals surface area contributed by atoms with Crippen LogP contribution in [0.2, 0.25) is 0 Å². The Labute approximate surface area is 95.5 Å². The van der Waals surface area contributed by atoms with Crippen LogP contribution in [0, 0.1) is 5.92 Å². The summed E-state index contributed by atoms with van der Waals surface area (Å²) < 4.78 is 0. The molecule has 0 unspecified atom stereocenters. The van der Waals surface area contributed by atoms with Gasteiger partial charge in [-0.2, -0.15) is 0 Å². The molecule has 1 amide bonds. The molecule has 4 heteroatoms. The molecule has 0 bridgehead atoms. The largest absolute Gasteiger partial charge is 0.352 e. The van der Waals surface area contributed by atoms with E-state index in [-0.39, 0.29) is 11.8 Å². The van der Waals surface area contributed by atoms with Gasteiger partial charge in [-0.05, 0) is 31.0 Å². The van der Waals surface area contributed by atoms with Gasteiger partial charge in [0.2, 0.25) is 5.91 Å². The number of pyridine rings is 1. The summed E-state index contributed by atoms with van der Waals surface area (Å²) in [7, 11) is 0. The lowest BCUT2D eigenvalue weighted by Crippen LogP contribution is -2.40. The summed E-state index contributed by atoms with van der Waals surface area (Å²) in [5.41, 5.74) is 1.04. The van der Waals surface area contributed by atoms with Crippen molar-refractivity contribution in [1.82, 2.24) is 15.6 Å². The van der Waals surface area contributed by atoms with Crippen LogP contribution in [0.1, 0.15) is 18.4 Å². The topological polar surface area (TPSA) is 54.0 Å². The SMILES string of the molecule is O=C(NCc1cccnc1)[C@H]1CCCNC1. The number of carbonyl (C=O) groups is 1. The van der Waals surface area contributed by atoms with E-state index in [1.165, 1.54) is 0 Å². The summed E-state index contributed by atoms with van der Waals surface area (Å²) in [6, 6.07) is 3.84. The number of amides is 1. The second-order valence-corrected chi connectivity index (χ2v) is 4.12. The van der Waals surface area contributed by atoms with Crippen LogP contribution in [0.3, 0.4) is 0 Å². The van der Waals surface area contributed by atoms with Crippen LogP contribution in [0.25, 0.3) is 0 Å². The molecule has 1 aliphatic rings. The minimum Gasteiger partial charge on any atom is -0.352 e. The molecule has 16 heavy (non-hydrogen) atoms. The Balaban J connectivity index is 1.79. The molecule has 1 aliphatic heterocycles. The molecule has 0 aliphatic carbocycles. The fourth-order valence-electron chi connectivity index (χ4n) is 1.91. The Morgan fingerprint density at radius 2 is 2.56 bits per heavy atom. The van der Waals surface area contributed by atoms with Crippen molar-refractivity contribution in [3.63, 3.8) is 0 Å². The van der Waals surface area contributed by atoms with Gasteiger partial charge in [0.25, 0.3) is 0 Å². The zero-order valence-corrected chi connectivity index (χ0v) is 9.28. The zero-order chi connectivity index (χ0) is 11.2. The van der Waals surface area contributed by atoms with Crippen LogP contribution in [0.4, 0.5) is 0 Å². The van der Waals surface area contributed by atoms with Crippen molar-refractivity contribution >= 4 is 5.91 Å². The van der Waals surface area contributed by atoms with E-state index in [4.69, 9.17) is 0 Å². The van der Waals surface area contributed by atoms with E-state index < -0.39 is 0 Å². The second kappa shape index (κ2) is 5.61. The van der Waals surface area contributed by atoms with E-state index in [2.05, 4.69) is 15.6 Å². The lowest BCUT2D eigenvalue weighted by Gasteiger charge is -2.21. The summed E-state index contributed by atoms with van der Waals surface area (Å²) in [6.07, 6.45) is 5.59. The highest BCUT2D eigenvalue weighted by Gasteiger charge is 2.20. The normalized spacial score (nSPS) is 20.4. The summed E-state index contributed by atoms with van der Waals surface area (Å²) in [5.74, 6) is 0.279. The number of aromatic nitrogens is 1. The van der Waals surface area contributed by atoms with E-state index in [9.17, 15) is 4.79 Å². The highest BCUT2D eigenvalue weighted by Crippen LogP contribution is 2.09. The number of hydrogen-bond acceptors (Lipinski definition) is 3. The molecule has 1 saturated heterocycles. The van der Waals surface area contributed by atoms with Gasteiger partial charge in [-0.3, -0.25) is 9.78 Å². The van der Waals surface area contributed by atoms with Gasteiger partial charge in [-0.1, -0.05) is 6.07 Å². The molecule has 1 fully saturated rings. The minimum absolute atomic E-state index is 0.130. The fraction of sp³-hybridized carbons (Fsp3) is 0.500. The van der Waals surface area contributed by atoms with Crippen LogP contribution >= 0.6 is 0 Å². The van der Waals surface area contributed by atoms with E-state index in [0.717, 1.165) is 31.5 Å². The van der Waals surface area contributed by atoms with Gasteiger partial charge < -0.3 is 10.6 Å². The third-order valence-electron chi connectivity index (χ3n) is 2.86. The van der Waals surface area contributed by atoms with Gasteiger partial charge in [0.05, 0.1) is 5.92 Å². The first kappa shape index (κ1) is 11.1. The summed E-state index contributed by atoms with van der Waals surface area (Å²) >= 11 is 0. The first-order valence-corrected chi connectivity index (χ1v) is 5.73. The molecular weight excluding hydrogens is 202 g/mol. The van der Waals surface area contributed by atoms with Crippen molar-refractivity contribution in [2.45, 2.75) is 19.4 Å². The number of rotatable bonds is 3. The highest BCUT2D eigenvalue weighted by atomic mass is 16.1. The maximum atomic E-state index is 11.8. The van der Waals surface area contributed by atoms with Crippen molar-refractivity contribution in [1.29, 1.82) is 0 Å². The van der Waals surface area contributed by atoms with Crippen LogP contribution in [0.5, 0.6) is 0 Å². The van der Waals surface area contributed by atoms with Crippen molar-refractivity contribution in [3.8, 4) is 0 Å². The van der Waals surface area contributed by atoms with Gasteiger partial charge in [-0.15, -0.1) is 0 Å². The van der Waals surface area contributed by atoms with Gasteiger partial charge >= 0.3 is 0 Å². The average Bonchev–Trinajstić information content (AvgIpc) is 2.38. The maximum absolute atomic E-state index is 11.8. The number of nitrogens with zero attached hydrogens (tertiary/aromatic N) is 1. The highest BCUT2D eigenvalue weighted by molar-refractivity contribution is 5.78. The Morgan fingerprint density at radius 1 is 1.62 bits per heavy atom. The predicted octanol–water partition coefficient (Wildman–Crippen LogP) is 0.697. The van der Waals surface area contributed by atoms with E-state index in [1.54, 1.807) is 12.4 Å². The lowest BCUT2D eigenvalue weighted by atomic mass is 9.99. The van der Waals surface area contributed by atoms with Gasteiger partial charge in [0.1, 0.15) is 0 Å². The van der Waals surface area contributed by atoms with Crippen molar-refractivity contribution < 1.29 is 4.79 Å². The Morgan fingerprint density at radius 3 is 3.25 bits per heavy atom. The Hall–Kier alpha value is -1.42. The number of nitrogens with one attached hydrogen (secondary N) is 2. The van der Waals surface area contributed by atoms with E-state index in [0.29, 0.717) is 6.54 Å². The van der Waals surface area contributed by atoms with Crippen molar-refractivity contribution in [3.05, 3.63) is 30.1 Å². The van der Waals surface area contributed by atoms with Crippen molar-refractivity contribution in [2.75, 3.05) is 13.1 Å². The predicted molar refractivity (Wildman–Crippen MR) is 61.7 cm³/mol. The quantitative estimate of drug-likeness (QED) is 0.786. The summed E-state index contributed by atoms with van der Waals surface area (Å²) in [6.45, 7) is 2.41. The number of piperidine rings is 1. The van der Waals surface area contributed by atoms with Gasteiger partial charge in [0.15, 0.2) is 0 Å². The molecular formula is C12H17N3O. The third-order valence-corrected chi connectivity index (χ3v) is 2.86. The first-order valence-electron chi connectivity index (χ1n) is 5.73. The molecule has 4 nitrogen and oxygen atoms in total. The molecule has 2 rings (SSSR count). The smallest absolute Gasteiger partial charge is 0.224 e. The van der Waals surface area contributed by atoms with Crippen LogP contribution in [-0.2, 0) is 11.3 Å². The van der Waals surface area contributed by atoms with Crippen molar-refractivity contribution in [2.24, 2.45) is 5.92 Å². The zero-order valence-electron chi connectivity index (χ0n) is 9.28. The second-order valence-electron chi connectivity index (χ2n) is 4.12. The average molecular weight is 219 g/mol. The van der Waals surface area contributed by atoms with Gasteiger partial charge in [0, 0.05) is 25.5 Å². The molecule has 0 aromatic carbocycles. The molecule has 1 aromatic heterocycles. The summed E-state index contributed by atoms with van der Waals surface area (Å²) in [5, 5.41) is 6.19. The van der Waals surface area contributed by atoms with E-state index >= 15 is 0 Å². The van der Waals surface area contributed by atoms with Gasteiger partial charge in [-0.25, -0.2) is 0 Å². The first-order chi connectivity index (χ1) is 7.86. The molecule has 86 valence electrons. The maximum Gasteiger partial charge on any atom is 0.224 e. The molecule has 1 aromatic rings. The minimum atomic E-state index is 0.130. The van der Waals surface area contributed by atoms with E-state index in [1.807, 2.05) is 12.1 Å². The monoisotopic (exact) mass is 219 g/mol. The molecule has 0 spiro atoms. The number of carbonyl (C=O) groups excluding carboxylic acids is 1. The fourth-order valence-corrected chi connectivity index (χ4v) is 1.91. The Bertz CT molecular complexity index is 333. The molecule has 2 heterocycles. The summed E-state index contributed by atoms with van der Waals surface area (Å²) in [4.78, 5) is 15.8. The lowest BCUT2D eigenvalue weighted by molar-refractivity contribution is -0.125. The standard InChI is InChI=1S/C12H17N3O/c16-12(11-4-2-6-14-9-11)15-8-10-3-1-5-13-7-10/h1,3,5,7,11,14H,2,4,6,8-9H2,(H,15,16)/t11-/m0/s1. The van der Waals surface area contributed by atoms with Crippen LogP contribution < -0.4 is 10.6 Å². The molecule has 0 saturated carbocycles. The Kier molecular flexibility index (Phi) is 3.88. The molecule has 0 radical (unpaired) electrons. The van der Waals surface area contributed by atoms with Crippen LogP contribution in [-0.4, -0.2) is 24.0 Å².